The van der Waals surface area contributed by atoms with Crippen LogP contribution in [0.2, 0.25) is 0 Å². The number of nitrogens with zero attached hydrogens (tertiary/aromatic N) is 2. The van der Waals surface area contributed by atoms with Gasteiger partial charge in [-0.05, 0) is 99.1 Å². The number of para-hydroxylation sites is 2. The number of hydrogen-bond acceptors (Lipinski definition) is 0. The van der Waals surface area contributed by atoms with Crippen LogP contribution < -0.4 is 0 Å². The Balaban J connectivity index is 1.10. The summed E-state index contributed by atoms with van der Waals surface area (Å²) in [6, 6.07) is 67.0. The largest absolute Gasteiger partial charge is 0.309 e. The Kier molecular flexibility index (Phi) is 6.33. The summed E-state index contributed by atoms with van der Waals surface area (Å²) in [5.74, 6) is 0. The molecule has 11 rings (SSSR count). The summed E-state index contributed by atoms with van der Waals surface area (Å²) in [5.41, 5.74) is 17.5. The molecule has 0 unspecified atom stereocenters. The first-order valence-electron chi connectivity index (χ1n) is 18.5. The third-order valence-corrected chi connectivity index (χ3v) is 11.7. The Morgan fingerprint density at radius 2 is 0.849 bits per heavy atom. The van der Waals surface area contributed by atoms with E-state index in [9.17, 15) is 0 Å². The van der Waals surface area contributed by atoms with Crippen LogP contribution in [0.1, 0.15) is 25.0 Å². The highest BCUT2D eigenvalue weighted by molar-refractivity contribution is 6.28. The first-order chi connectivity index (χ1) is 26.1. The molecule has 2 nitrogen and oxygen atoms in total. The predicted octanol–water partition coefficient (Wildman–Crippen LogP) is 13.5. The minimum absolute atomic E-state index is 0.0678. The Morgan fingerprint density at radius 3 is 1.53 bits per heavy atom. The van der Waals surface area contributed by atoms with Crippen LogP contribution in [0.15, 0.2) is 182 Å². The van der Waals surface area contributed by atoms with E-state index in [2.05, 4.69) is 205 Å². The van der Waals surface area contributed by atoms with Crippen LogP contribution in [-0.2, 0) is 5.41 Å². The summed E-state index contributed by atoms with van der Waals surface area (Å²) in [7, 11) is 0. The molecule has 1 aliphatic rings. The topological polar surface area (TPSA) is 9.86 Å². The molecule has 0 atom stereocenters. The molecule has 0 N–H and O–H groups in total. The maximum Gasteiger partial charge on any atom is 0.0548 e. The zero-order chi connectivity index (χ0) is 35.3. The summed E-state index contributed by atoms with van der Waals surface area (Å²) < 4.78 is 4.92. The first kappa shape index (κ1) is 30.0. The molecule has 0 bridgehead atoms. The van der Waals surface area contributed by atoms with Gasteiger partial charge in [-0.15, -0.1) is 0 Å². The zero-order valence-electron chi connectivity index (χ0n) is 29.7. The van der Waals surface area contributed by atoms with E-state index in [1.54, 1.807) is 0 Å². The van der Waals surface area contributed by atoms with E-state index >= 15 is 0 Å². The van der Waals surface area contributed by atoms with Crippen LogP contribution >= 0.6 is 0 Å². The molecule has 0 saturated heterocycles. The third-order valence-electron chi connectivity index (χ3n) is 11.7. The molecular formula is C51H36N2. The smallest absolute Gasteiger partial charge is 0.0548 e. The molecule has 0 fully saturated rings. The van der Waals surface area contributed by atoms with Crippen molar-refractivity contribution in [2.24, 2.45) is 0 Å². The van der Waals surface area contributed by atoms with Gasteiger partial charge in [-0.2, -0.15) is 0 Å². The van der Waals surface area contributed by atoms with E-state index in [0.717, 1.165) is 5.69 Å². The molecule has 0 aliphatic heterocycles. The first-order valence-corrected chi connectivity index (χ1v) is 18.5. The fourth-order valence-corrected chi connectivity index (χ4v) is 9.22. The quantitative estimate of drug-likeness (QED) is 0.176. The lowest BCUT2D eigenvalue weighted by molar-refractivity contribution is 0.660. The Labute approximate surface area is 308 Å². The van der Waals surface area contributed by atoms with Gasteiger partial charge >= 0.3 is 0 Å². The lowest BCUT2D eigenvalue weighted by Gasteiger charge is -2.22. The fourth-order valence-electron chi connectivity index (χ4n) is 9.22. The molecule has 0 amide bonds. The number of hydrogen-bond donors (Lipinski definition) is 0. The lowest BCUT2D eigenvalue weighted by atomic mass is 9.82. The van der Waals surface area contributed by atoms with Crippen LogP contribution in [0.3, 0.4) is 0 Å². The van der Waals surface area contributed by atoms with Crippen LogP contribution in [0.25, 0.3) is 88.4 Å². The Hall–Kier alpha value is -6.64. The molecule has 0 saturated carbocycles. The van der Waals surface area contributed by atoms with Gasteiger partial charge in [-0.3, -0.25) is 0 Å². The number of benzene rings is 8. The maximum absolute atomic E-state index is 2.48. The van der Waals surface area contributed by atoms with E-state index in [0.29, 0.717) is 0 Å². The minimum atomic E-state index is -0.0678. The van der Waals surface area contributed by atoms with Crippen molar-refractivity contribution in [3.8, 4) is 44.8 Å². The molecule has 2 heterocycles. The van der Waals surface area contributed by atoms with Gasteiger partial charge in [-0.25, -0.2) is 0 Å². The number of rotatable bonds is 4. The van der Waals surface area contributed by atoms with Crippen molar-refractivity contribution in [2.45, 2.75) is 19.3 Å². The second-order valence-electron chi connectivity index (χ2n) is 15.0. The van der Waals surface area contributed by atoms with E-state index in [1.807, 2.05) is 0 Å². The molecule has 2 heteroatoms. The van der Waals surface area contributed by atoms with Crippen molar-refractivity contribution in [1.29, 1.82) is 0 Å². The summed E-state index contributed by atoms with van der Waals surface area (Å²) in [6.07, 6.45) is 0. The van der Waals surface area contributed by atoms with E-state index in [1.165, 1.54) is 93.8 Å². The summed E-state index contributed by atoms with van der Waals surface area (Å²) in [4.78, 5) is 0. The second kappa shape index (κ2) is 11.2. The van der Waals surface area contributed by atoms with Crippen LogP contribution in [-0.4, -0.2) is 9.13 Å². The van der Waals surface area contributed by atoms with Gasteiger partial charge in [0.05, 0.1) is 22.1 Å². The average Bonchev–Trinajstić information content (AvgIpc) is 3.81. The van der Waals surface area contributed by atoms with Crippen LogP contribution in [0, 0.1) is 0 Å². The molecule has 2 aromatic heterocycles. The SMILES string of the molecule is CC1(C)c2ccccc2-c2ccc(-n3c4ccccc4c4c5c6ccccc6n(-c6ccc(-c7cccc(-c8ccccc8)c7)cc6)c5ccc43)cc21. The molecule has 250 valence electrons. The van der Waals surface area contributed by atoms with Gasteiger partial charge in [0.25, 0.3) is 0 Å². The number of aromatic nitrogens is 2. The molecule has 1 aliphatic carbocycles. The van der Waals surface area contributed by atoms with E-state index < -0.39 is 0 Å². The van der Waals surface area contributed by atoms with Gasteiger partial charge in [0.1, 0.15) is 0 Å². The highest BCUT2D eigenvalue weighted by atomic mass is 15.0. The molecule has 8 aromatic carbocycles. The van der Waals surface area contributed by atoms with Gasteiger partial charge in [0, 0.05) is 38.3 Å². The highest BCUT2D eigenvalue weighted by Gasteiger charge is 2.35. The second-order valence-corrected chi connectivity index (χ2v) is 15.0. The standard InChI is InChI=1S/C51H36N2/c1-51(2)43-20-9-6-17-39(43)40-28-27-38(32-44(40)51)53-46-22-11-8-19-42(46)50-48(53)30-29-47-49(50)41-18-7-10-21-45(41)52(47)37-25-23-34(24-26-37)36-16-12-15-35(31-36)33-13-4-3-5-14-33/h3-32H,1-2H3. The Bertz CT molecular complexity index is 3060. The maximum atomic E-state index is 2.48. The summed E-state index contributed by atoms with van der Waals surface area (Å²) in [5, 5.41) is 5.13. The third kappa shape index (κ3) is 4.33. The van der Waals surface area contributed by atoms with E-state index in [-0.39, 0.29) is 5.41 Å². The van der Waals surface area contributed by atoms with E-state index in [4.69, 9.17) is 0 Å². The molecule has 10 aromatic rings. The number of fused-ring (bicyclic) bond motifs is 10. The minimum Gasteiger partial charge on any atom is -0.309 e. The van der Waals surface area contributed by atoms with Crippen molar-refractivity contribution in [3.05, 3.63) is 193 Å². The normalized spacial score (nSPS) is 13.2. The van der Waals surface area contributed by atoms with Gasteiger partial charge in [0.2, 0.25) is 0 Å². The molecule has 0 radical (unpaired) electrons. The molecule has 53 heavy (non-hydrogen) atoms. The van der Waals surface area contributed by atoms with Crippen LogP contribution in [0.5, 0.6) is 0 Å². The molecular weight excluding hydrogens is 641 g/mol. The average molecular weight is 677 g/mol. The lowest BCUT2D eigenvalue weighted by Crippen LogP contribution is -2.15. The van der Waals surface area contributed by atoms with Crippen molar-refractivity contribution < 1.29 is 0 Å². The van der Waals surface area contributed by atoms with Crippen molar-refractivity contribution in [1.82, 2.24) is 9.13 Å². The monoisotopic (exact) mass is 676 g/mol. The predicted molar refractivity (Wildman–Crippen MR) is 224 cm³/mol. The van der Waals surface area contributed by atoms with Gasteiger partial charge in [-0.1, -0.05) is 141 Å². The Morgan fingerprint density at radius 1 is 0.340 bits per heavy atom. The fraction of sp³-hybridized carbons (Fsp3) is 0.0588. The van der Waals surface area contributed by atoms with Gasteiger partial charge < -0.3 is 9.13 Å². The summed E-state index contributed by atoms with van der Waals surface area (Å²) >= 11 is 0. The van der Waals surface area contributed by atoms with Crippen LogP contribution in [0.4, 0.5) is 0 Å². The van der Waals surface area contributed by atoms with Crippen molar-refractivity contribution in [2.75, 3.05) is 0 Å². The zero-order valence-corrected chi connectivity index (χ0v) is 29.7. The highest BCUT2D eigenvalue weighted by Crippen LogP contribution is 2.50. The van der Waals surface area contributed by atoms with Crippen molar-refractivity contribution in [3.63, 3.8) is 0 Å². The summed E-state index contributed by atoms with van der Waals surface area (Å²) in [6.45, 7) is 4.72. The molecule has 0 spiro atoms. The van der Waals surface area contributed by atoms with Crippen molar-refractivity contribution >= 4 is 43.6 Å². The van der Waals surface area contributed by atoms with Gasteiger partial charge in [0.15, 0.2) is 0 Å².